The molecular weight excluding hydrogens is 398 g/mol. The van der Waals surface area contributed by atoms with Crippen LogP contribution in [0.2, 0.25) is 0 Å². The highest BCUT2D eigenvalue weighted by molar-refractivity contribution is 6.20. The van der Waals surface area contributed by atoms with Crippen molar-refractivity contribution in [2.45, 2.75) is 11.8 Å². The molecule has 0 saturated heterocycles. The monoisotopic (exact) mass is 411 g/mol. The number of nitrogens with one attached hydrogen (secondary N) is 1. The van der Waals surface area contributed by atoms with Crippen LogP contribution >= 0.6 is 11.6 Å². The maximum atomic E-state index is 13.5. The lowest BCUT2D eigenvalue weighted by Crippen LogP contribution is -2.14. The predicted octanol–water partition coefficient (Wildman–Crippen LogP) is 5.57. The minimum absolute atomic E-state index is 0.0350. The van der Waals surface area contributed by atoms with Crippen molar-refractivity contribution >= 4 is 23.2 Å². The molecule has 1 heterocycles. The van der Waals surface area contributed by atoms with E-state index < -0.39 is 23.3 Å². The lowest BCUT2D eigenvalue weighted by molar-refractivity contribution is -0.137. The van der Waals surface area contributed by atoms with E-state index in [1.54, 1.807) is 24.3 Å². The molecule has 1 amide bonds. The summed E-state index contributed by atoms with van der Waals surface area (Å²) in [5, 5.41) is 6.47. The highest BCUT2D eigenvalue weighted by Gasteiger charge is 2.30. The summed E-state index contributed by atoms with van der Waals surface area (Å²) < 4.78 is 53.0. The van der Waals surface area contributed by atoms with Crippen LogP contribution in [0.4, 0.5) is 23.2 Å². The lowest BCUT2D eigenvalue weighted by Gasteiger charge is -2.12. The van der Waals surface area contributed by atoms with Gasteiger partial charge in [0.25, 0.3) is 5.91 Å². The van der Waals surface area contributed by atoms with Gasteiger partial charge < -0.3 is 5.32 Å². The SMILES string of the molecule is Cn1cc(C(=O)Nc2ccccc2-c2ccc(C(F)(F)F)cc2)c(C(F)Cl)n1. The quantitative estimate of drug-likeness (QED) is 0.451. The summed E-state index contributed by atoms with van der Waals surface area (Å²) in [6, 6.07) is 11.2. The molecule has 0 fully saturated rings. The molecule has 0 saturated carbocycles. The third kappa shape index (κ3) is 4.17. The molecule has 0 radical (unpaired) electrons. The van der Waals surface area contributed by atoms with Crippen molar-refractivity contribution in [2.24, 2.45) is 7.05 Å². The second-order valence-corrected chi connectivity index (χ2v) is 6.36. The predicted molar refractivity (Wildman–Crippen MR) is 97.7 cm³/mol. The van der Waals surface area contributed by atoms with Gasteiger partial charge in [0.1, 0.15) is 5.69 Å². The summed E-state index contributed by atoms with van der Waals surface area (Å²) in [5.74, 6) is -0.634. The van der Waals surface area contributed by atoms with Crippen LogP contribution in [0.3, 0.4) is 0 Å². The fourth-order valence-electron chi connectivity index (χ4n) is 2.71. The molecule has 0 aliphatic heterocycles. The lowest BCUT2D eigenvalue weighted by atomic mass is 10.0. The van der Waals surface area contributed by atoms with E-state index in [1.165, 1.54) is 30.1 Å². The molecule has 1 aromatic heterocycles. The molecule has 0 aliphatic rings. The number of nitrogens with zero attached hydrogens (tertiary/aromatic N) is 2. The minimum atomic E-state index is -4.44. The second-order valence-electron chi connectivity index (χ2n) is 5.98. The van der Waals surface area contributed by atoms with Crippen LogP contribution < -0.4 is 5.32 Å². The molecule has 1 atom stereocenters. The summed E-state index contributed by atoms with van der Waals surface area (Å²) in [6.45, 7) is 0. The largest absolute Gasteiger partial charge is 0.416 e. The molecule has 4 nitrogen and oxygen atoms in total. The van der Waals surface area contributed by atoms with Crippen LogP contribution in [0.25, 0.3) is 11.1 Å². The van der Waals surface area contributed by atoms with Crippen molar-refractivity contribution in [3.05, 3.63) is 71.5 Å². The van der Waals surface area contributed by atoms with Gasteiger partial charge in [-0.05, 0) is 23.8 Å². The summed E-state index contributed by atoms with van der Waals surface area (Å²) in [7, 11) is 1.52. The number of aryl methyl sites for hydroxylation is 1. The van der Waals surface area contributed by atoms with E-state index in [2.05, 4.69) is 10.4 Å². The van der Waals surface area contributed by atoms with Gasteiger partial charge in [-0.25, -0.2) is 4.39 Å². The van der Waals surface area contributed by atoms with Crippen LogP contribution in [0.5, 0.6) is 0 Å². The molecule has 0 bridgehead atoms. The van der Waals surface area contributed by atoms with E-state index in [0.29, 0.717) is 16.8 Å². The molecule has 28 heavy (non-hydrogen) atoms. The summed E-state index contributed by atoms with van der Waals surface area (Å²) in [6.07, 6.45) is -3.10. The first-order valence-electron chi connectivity index (χ1n) is 8.06. The molecule has 1 N–H and O–H groups in total. The molecule has 1 unspecified atom stereocenters. The Morgan fingerprint density at radius 1 is 1.14 bits per heavy atom. The Morgan fingerprint density at radius 2 is 1.79 bits per heavy atom. The molecular formula is C19H14ClF4N3O. The van der Waals surface area contributed by atoms with E-state index in [4.69, 9.17) is 11.6 Å². The number of para-hydroxylation sites is 1. The van der Waals surface area contributed by atoms with Gasteiger partial charge in [0.2, 0.25) is 5.63 Å². The molecule has 0 spiro atoms. The molecule has 9 heteroatoms. The number of benzene rings is 2. The number of hydrogen-bond donors (Lipinski definition) is 1. The third-order valence-corrected chi connectivity index (χ3v) is 4.21. The van der Waals surface area contributed by atoms with Crippen molar-refractivity contribution in [3.63, 3.8) is 0 Å². The van der Waals surface area contributed by atoms with E-state index in [1.807, 2.05) is 0 Å². The number of anilines is 1. The topological polar surface area (TPSA) is 46.9 Å². The Labute approximate surface area is 162 Å². The van der Waals surface area contributed by atoms with Crippen LogP contribution in [-0.2, 0) is 13.2 Å². The number of amides is 1. The van der Waals surface area contributed by atoms with Crippen LogP contribution in [0.1, 0.15) is 27.2 Å². The number of halogens is 5. The number of hydrogen-bond acceptors (Lipinski definition) is 2. The van der Waals surface area contributed by atoms with Gasteiger partial charge in [-0.3, -0.25) is 9.48 Å². The molecule has 3 rings (SSSR count). The van der Waals surface area contributed by atoms with E-state index >= 15 is 0 Å². The van der Waals surface area contributed by atoms with E-state index in [-0.39, 0.29) is 11.3 Å². The van der Waals surface area contributed by atoms with Crippen molar-refractivity contribution in [1.29, 1.82) is 0 Å². The van der Waals surface area contributed by atoms with Gasteiger partial charge in [-0.1, -0.05) is 41.9 Å². The van der Waals surface area contributed by atoms with Crippen LogP contribution in [0.15, 0.2) is 54.7 Å². The van der Waals surface area contributed by atoms with Gasteiger partial charge in [0.15, 0.2) is 0 Å². The number of aromatic nitrogens is 2. The molecule has 2 aromatic carbocycles. The maximum Gasteiger partial charge on any atom is 0.416 e. The smallest absolute Gasteiger partial charge is 0.321 e. The maximum absolute atomic E-state index is 13.5. The van der Waals surface area contributed by atoms with Crippen molar-refractivity contribution in [1.82, 2.24) is 9.78 Å². The number of carbonyl (C=O) groups is 1. The Morgan fingerprint density at radius 3 is 2.39 bits per heavy atom. The highest BCUT2D eigenvalue weighted by Crippen LogP contribution is 2.33. The summed E-state index contributed by atoms with van der Waals surface area (Å²) in [4.78, 5) is 12.6. The summed E-state index contributed by atoms with van der Waals surface area (Å²) in [5.41, 5.74) is -1.62. The van der Waals surface area contributed by atoms with Gasteiger partial charge in [-0.2, -0.15) is 18.3 Å². The Kier molecular flexibility index (Phi) is 5.42. The first kappa shape index (κ1) is 19.9. The van der Waals surface area contributed by atoms with Gasteiger partial charge in [-0.15, -0.1) is 0 Å². The number of alkyl halides is 5. The van der Waals surface area contributed by atoms with Gasteiger partial charge in [0.05, 0.1) is 11.1 Å². The second kappa shape index (κ2) is 7.63. The zero-order chi connectivity index (χ0) is 20.5. The van der Waals surface area contributed by atoms with Crippen molar-refractivity contribution in [3.8, 4) is 11.1 Å². The minimum Gasteiger partial charge on any atom is -0.321 e. The van der Waals surface area contributed by atoms with Crippen molar-refractivity contribution in [2.75, 3.05) is 5.32 Å². The fourth-order valence-corrected chi connectivity index (χ4v) is 2.88. The fraction of sp³-hybridized carbons (Fsp3) is 0.158. The Hall–Kier alpha value is -2.87. The average molecular weight is 412 g/mol. The third-order valence-electron chi connectivity index (χ3n) is 4.01. The van der Waals surface area contributed by atoms with Crippen LogP contribution in [0, 0.1) is 0 Å². The first-order valence-corrected chi connectivity index (χ1v) is 8.50. The van der Waals surface area contributed by atoms with Gasteiger partial charge in [0, 0.05) is 24.5 Å². The number of carbonyl (C=O) groups excluding carboxylic acids is 1. The van der Waals surface area contributed by atoms with Crippen LogP contribution in [-0.4, -0.2) is 15.7 Å². The normalized spacial score (nSPS) is 12.6. The molecule has 3 aromatic rings. The van der Waals surface area contributed by atoms with E-state index in [9.17, 15) is 22.4 Å². The first-order chi connectivity index (χ1) is 13.2. The Balaban J connectivity index is 1.92. The Bertz CT molecular complexity index is 997. The average Bonchev–Trinajstić information content (AvgIpc) is 3.04. The zero-order valence-electron chi connectivity index (χ0n) is 14.5. The standard InChI is InChI=1S/C19H14ClF4N3O/c1-27-10-14(16(26-27)17(20)21)18(28)25-15-5-3-2-4-13(15)11-6-8-12(9-7-11)19(22,23)24/h2-10,17H,1H3,(H,25,28). The highest BCUT2D eigenvalue weighted by atomic mass is 35.5. The van der Waals surface area contributed by atoms with E-state index in [0.717, 1.165) is 12.1 Å². The molecule has 146 valence electrons. The van der Waals surface area contributed by atoms with Crippen molar-refractivity contribution < 1.29 is 22.4 Å². The zero-order valence-corrected chi connectivity index (χ0v) is 15.2. The summed E-state index contributed by atoms with van der Waals surface area (Å²) >= 11 is 5.43. The number of rotatable bonds is 4. The molecule has 0 aliphatic carbocycles. The van der Waals surface area contributed by atoms with Gasteiger partial charge >= 0.3 is 6.18 Å².